The molecular formula is C13H18FNO2. The van der Waals surface area contributed by atoms with E-state index in [0.717, 1.165) is 0 Å². The van der Waals surface area contributed by atoms with E-state index >= 15 is 0 Å². The van der Waals surface area contributed by atoms with Gasteiger partial charge < -0.3 is 9.64 Å². The lowest BCUT2D eigenvalue weighted by Crippen LogP contribution is -2.36. The third-order valence-corrected chi connectivity index (χ3v) is 2.62. The van der Waals surface area contributed by atoms with Crippen molar-refractivity contribution in [1.29, 1.82) is 0 Å². The fraction of sp³-hybridized carbons (Fsp3) is 0.462. The van der Waals surface area contributed by atoms with Crippen LogP contribution in [0, 0.1) is 5.82 Å². The Balaban J connectivity index is 3.13. The third-order valence-electron chi connectivity index (χ3n) is 2.62. The molecule has 94 valence electrons. The Morgan fingerprint density at radius 1 is 1.47 bits per heavy atom. The minimum absolute atomic E-state index is 0.0699. The molecule has 17 heavy (non-hydrogen) atoms. The highest BCUT2D eigenvalue weighted by Gasteiger charge is 2.21. The van der Waals surface area contributed by atoms with E-state index in [9.17, 15) is 9.18 Å². The fourth-order valence-electron chi connectivity index (χ4n) is 1.75. The maximum atomic E-state index is 13.2. The number of hydrogen-bond acceptors (Lipinski definition) is 2. The van der Waals surface area contributed by atoms with E-state index in [4.69, 9.17) is 4.74 Å². The highest BCUT2D eigenvalue weighted by Crippen LogP contribution is 2.21. The number of carbonyl (C=O) groups excluding carboxylic acids is 1. The molecule has 1 amide bonds. The van der Waals surface area contributed by atoms with Gasteiger partial charge in [-0.3, -0.25) is 4.79 Å². The normalized spacial score (nSPS) is 10.5. The molecule has 0 aliphatic heterocycles. The van der Waals surface area contributed by atoms with Gasteiger partial charge in [0.1, 0.15) is 11.6 Å². The van der Waals surface area contributed by atoms with Crippen LogP contribution in [0.3, 0.4) is 0 Å². The number of rotatable bonds is 4. The third kappa shape index (κ3) is 2.96. The largest absolute Gasteiger partial charge is 0.496 e. The molecule has 0 fully saturated rings. The van der Waals surface area contributed by atoms with Crippen molar-refractivity contribution < 1.29 is 13.9 Å². The van der Waals surface area contributed by atoms with Gasteiger partial charge in [-0.2, -0.15) is 0 Å². The molecule has 0 saturated carbocycles. The van der Waals surface area contributed by atoms with Crippen molar-refractivity contribution in [3.05, 3.63) is 29.6 Å². The van der Waals surface area contributed by atoms with Gasteiger partial charge in [-0.25, -0.2) is 4.39 Å². The molecule has 0 aromatic heterocycles. The summed E-state index contributed by atoms with van der Waals surface area (Å²) in [6, 6.07) is 4.03. The summed E-state index contributed by atoms with van der Waals surface area (Å²) in [5.74, 6) is -0.247. The lowest BCUT2D eigenvalue weighted by Gasteiger charge is -2.25. The van der Waals surface area contributed by atoms with Crippen molar-refractivity contribution in [3.8, 4) is 5.75 Å². The van der Waals surface area contributed by atoms with Gasteiger partial charge in [0.2, 0.25) is 0 Å². The van der Waals surface area contributed by atoms with Gasteiger partial charge in [0.25, 0.3) is 5.91 Å². The number of methoxy groups -OCH3 is 1. The van der Waals surface area contributed by atoms with Crippen LogP contribution in [0.4, 0.5) is 4.39 Å². The summed E-state index contributed by atoms with van der Waals surface area (Å²) in [6.45, 7) is 6.32. The van der Waals surface area contributed by atoms with Crippen molar-refractivity contribution >= 4 is 5.91 Å². The van der Waals surface area contributed by atoms with Gasteiger partial charge in [0.15, 0.2) is 0 Å². The summed E-state index contributed by atoms with van der Waals surface area (Å²) >= 11 is 0. The molecule has 0 aliphatic carbocycles. The maximum absolute atomic E-state index is 13.2. The fourth-order valence-corrected chi connectivity index (χ4v) is 1.75. The Morgan fingerprint density at radius 2 is 2.12 bits per heavy atom. The topological polar surface area (TPSA) is 29.5 Å². The van der Waals surface area contributed by atoms with E-state index in [0.29, 0.717) is 12.3 Å². The standard InChI is InChI=1S/C13H18FNO2/c1-5-15(9(2)3)13(16)11-8-10(14)6-7-12(11)17-4/h6-9H,5H2,1-4H3/i1+1,2+1,3+1,5+1,9+1. The Kier molecular flexibility index (Phi) is 4.49. The van der Waals surface area contributed by atoms with Crippen molar-refractivity contribution in [2.45, 2.75) is 26.8 Å². The SMILES string of the molecule is COc1ccc(F)cc1C(=O)N([13CH2][13CH3])[13CH]([13CH3])[13CH3]. The monoisotopic (exact) mass is 244 g/mol. The molecule has 0 radical (unpaired) electrons. The van der Waals surface area contributed by atoms with Gasteiger partial charge >= 0.3 is 0 Å². The molecule has 0 spiro atoms. The average molecular weight is 244 g/mol. The number of carbonyl (C=O) groups is 1. The first-order valence-electron chi connectivity index (χ1n) is 5.65. The quantitative estimate of drug-likeness (QED) is 0.762. The van der Waals surface area contributed by atoms with Crippen molar-refractivity contribution in [3.63, 3.8) is 0 Å². The van der Waals surface area contributed by atoms with Crippen molar-refractivity contribution in [2.24, 2.45) is 0 Å². The summed E-state index contributed by atoms with van der Waals surface area (Å²) < 4.78 is 18.3. The van der Waals surface area contributed by atoms with Gasteiger partial charge in [0, 0.05) is 12.6 Å². The van der Waals surface area contributed by atoms with Gasteiger partial charge in [-0.1, -0.05) is 0 Å². The number of amides is 1. The number of nitrogens with zero attached hydrogens (tertiary/aromatic N) is 1. The predicted octanol–water partition coefficient (Wildman–Crippen LogP) is 2.70. The molecule has 0 unspecified atom stereocenters. The van der Waals surface area contributed by atoms with Crippen LogP contribution in [0.15, 0.2) is 18.2 Å². The highest BCUT2D eigenvalue weighted by molar-refractivity contribution is 5.97. The van der Waals surface area contributed by atoms with E-state index < -0.39 is 5.82 Å². The summed E-state index contributed by atoms with van der Waals surface area (Å²) in [5, 5.41) is 0. The Hall–Kier alpha value is -1.58. The van der Waals surface area contributed by atoms with Crippen molar-refractivity contribution in [2.75, 3.05) is 13.7 Å². The molecule has 0 saturated heterocycles. The van der Waals surface area contributed by atoms with Crippen LogP contribution in [-0.2, 0) is 0 Å². The zero-order valence-corrected chi connectivity index (χ0v) is 10.7. The summed E-state index contributed by atoms with van der Waals surface area (Å²) in [4.78, 5) is 13.9. The Labute approximate surface area is 101 Å². The van der Waals surface area contributed by atoms with Gasteiger partial charge in [-0.15, -0.1) is 0 Å². The smallest absolute Gasteiger partial charge is 0.257 e. The average Bonchev–Trinajstić information content (AvgIpc) is 2.29. The lowest BCUT2D eigenvalue weighted by atomic mass is 10.2. The first-order chi connectivity index (χ1) is 8.01. The van der Waals surface area contributed by atoms with Crippen molar-refractivity contribution in [1.82, 2.24) is 4.90 Å². The Bertz CT molecular complexity index is 404. The zero-order valence-electron chi connectivity index (χ0n) is 10.7. The second-order valence-corrected chi connectivity index (χ2v) is 4.03. The minimum Gasteiger partial charge on any atom is -0.496 e. The zero-order chi connectivity index (χ0) is 13.0. The second-order valence-electron chi connectivity index (χ2n) is 4.03. The van der Waals surface area contributed by atoms with E-state index in [1.807, 2.05) is 20.8 Å². The van der Waals surface area contributed by atoms with Crippen LogP contribution >= 0.6 is 0 Å². The van der Waals surface area contributed by atoms with E-state index in [-0.39, 0.29) is 17.5 Å². The van der Waals surface area contributed by atoms with Crippen LogP contribution in [0.2, 0.25) is 0 Å². The molecule has 1 aromatic rings. The number of benzene rings is 1. The van der Waals surface area contributed by atoms with E-state index in [1.165, 1.54) is 25.3 Å². The highest BCUT2D eigenvalue weighted by atomic mass is 19.1. The summed E-state index contributed by atoms with van der Waals surface area (Å²) in [6.07, 6.45) is 0. The molecule has 0 N–H and O–H groups in total. The van der Waals surface area contributed by atoms with Crippen LogP contribution in [0.25, 0.3) is 0 Å². The maximum Gasteiger partial charge on any atom is 0.257 e. The molecule has 4 heteroatoms. The van der Waals surface area contributed by atoms with Gasteiger partial charge in [0.05, 0.1) is 12.7 Å². The Morgan fingerprint density at radius 3 is 2.59 bits per heavy atom. The molecular weight excluding hydrogens is 226 g/mol. The molecule has 3 nitrogen and oxygen atoms in total. The lowest BCUT2D eigenvalue weighted by molar-refractivity contribution is 0.0713. The first kappa shape index (κ1) is 13.5. The van der Waals surface area contributed by atoms with Crippen LogP contribution in [0.5, 0.6) is 5.75 Å². The van der Waals surface area contributed by atoms with Crippen LogP contribution in [0.1, 0.15) is 31.1 Å². The number of halogens is 1. The molecule has 0 atom stereocenters. The van der Waals surface area contributed by atoms with Crippen LogP contribution < -0.4 is 4.74 Å². The minimum atomic E-state index is -0.436. The summed E-state index contributed by atoms with van der Waals surface area (Å²) in [5.41, 5.74) is 0.267. The van der Waals surface area contributed by atoms with E-state index in [1.54, 1.807) is 4.90 Å². The second kappa shape index (κ2) is 5.66. The first-order valence-corrected chi connectivity index (χ1v) is 5.65. The molecule has 0 heterocycles. The summed E-state index contributed by atoms with van der Waals surface area (Å²) in [7, 11) is 1.47. The van der Waals surface area contributed by atoms with E-state index in [2.05, 4.69) is 0 Å². The van der Waals surface area contributed by atoms with Gasteiger partial charge in [-0.05, 0) is 39.0 Å². The molecule has 0 bridgehead atoms. The van der Waals surface area contributed by atoms with Crippen LogP contribution in [-0.4, -0.2) is 30.5 Å². The number of ether oxygens (including phenoxy) is 1. The molecule has 0 aliphatic rings. The molecule has 1 rings (SSSR count). The predicted molar refractivity (Wildman–Crippen MR) is 64.8 cm³/mol. The molecule has 1 aromatic carbocycles. The number of hydrogen-bond donors (Lipinski definition) is 0.